The zero-order valence-corrected chi connectivity index (χ0v) is 8.80. The van der Waals surface area contributed by atoms with Crippen LogP contribution >= 0.6 is 0 Å². The standard InChI is InChI=1S/C11H21N/c1-9(2)8-11-6-5-7-12(11)10(3)4/h6,9-10H,5,7-8H2,1-4H3. The Balaban J connectivity index is 2.51. The molecule has 1 rings (SSSR count). The predicted molar refractivity (Wildman–Crippen MR) is 54.0 cm³/mol. The smallest absolute Gasteiger partial charge is 0.0230 e. The first kappa shape index (κ1) is 9.63. The Labute approximate surface area is 76.5 Å². The Bertz CT molecular complexity index is 168. The van der Waals surface area contributed by atoms with Crippen molar-refractivity contribution in [3.8, 4) is 0 Å². The van der Waals surface area contributed by atoms with E-state index in [0.29, 0.717) is 6.04 Å². The Morgan fingerprint density at radius 3 is 2.50 bits per heavy atom. The zero-order valence-electron chi connectivity index (χ0n) is 8.80. The van der Waals surface area contributed by atoms with Crippen molar-refractivity contribution in [3.05, 3.63) is 11.8 Å². The third-order valence-electron chi connectivity index (χ3n) is 2.36. The highest BCUT2D eigenvalue weighted by atomic mass is 15.2. The molecule has 1 aliphatic rings. The summed E-state index contributed by atoms with van der Waals surface area (Å²) >= 11 is 0. The lowest BCUT2D eigenvalue weighted by Crippen LogP contribution is -2.27. The highest BCUT2D eigenvalue weighted by Gasteiger charge is 2.17. The Hall–Kier alpha value is -0.460. The van der Waals surface area contributed by atoms with Gasteiger partial charge in [0.25, 0.3) is 0 Å². The maximum atomic E-state index is 2.53. The second-order valence-corrected chi connectivity index (χ2v) is 4.37. The average molecular weight is 167 g/mol. The lowest BCUT2D eigenvalue weighted by atomic mass is 10.1. The van der Waals surface area contributed by atoms with Gasteiger partial charge >= 0.3 is 0 Å². The third kappa shape index (κ3) is 2.26. The fraction of sp³-hybridized carbons (Fsp3) is 0.818. The van der Waals surface area contributed by atoms with Crippen molar-refractivity contribution in [1.82, 2.24) is 4.90 Å². The molecule has 0 aromatic carbocycles. The van der Waals surface area contributed by atoms with Gasteiger partial charge in [-0.1, -0.05) is 19.9 Å². The van der Waals surface area contributed by atoms with E-state index in [2.05, 4.69) is 38.7 Å². The lowest BCUT2D eigenvalue weighted by molar-refractivity contribution is 0.292. The topological polar surface area (TPSA) is 3.24 Å². The molecular weight excluding hydrogens is 146 g/mol. The van der Waals surface area contributed by atoms with Crippen LogP contribution in [0.1, 0.15) is 40.5 Å². The lowest BCUT2D eigenvalue weighted by Gasteiger charge is -2.27. The van der Waals surface area contributed by atoms with E-state index in [1.165, 1.54) is 19.4 Å². The third-order valence-corrected chi connectivity index (χ3v) is 2.36. The molecule has 0 aromatic heterocycles. The molecule has 0 fully saturated rings. The first-order valence-corrected chi connectivity index (χ1v) is 5.07. The van der Waals surface area contributed by atoms with Crippen LogP contribution in [0, 0.1) is 5.92 Å². The first-order valence-electron chi connectivity index (χ1n) is 5.07. The van der Waals surface area contributed by atoms with Gasteiger partial charge in [0.15, 0.2) is 0 Å². The molecule has 1 nitrogen and oxygen atoms in total. The number of allylic oxidation sites excluding steroid dienone is 1. The van der Waals surface area contributed by atoms with Crippen LogP contribution in [0.5, 0.6) is 0 Å². The molecule has 70 valence electrons. The highest BCUT2D eigenvalue weighted by Crippen LogP contribution is 2.23. The number of rotatable bonds is 3. The van der Waals surface area contributed by atoms with E-state index in [1.54, 1.807) is 5.70 Å². The summed E-state index contributed by atoms with van der Waals surface area (Å²) in [6.45, 7) is 10.4. The molecule has 1 aliphatic heterocycles. The molecule has 0 atom stereocenters. The SMILES string of the molecule is CC(C)CC1=CCCN1C(C)C. The molecule has 0 aliphatic carbocycles. The van der Waals surface area contributed by atoms with Crippen molar-refractivity contribution in [1.29, 1.82) is 0 Å². The second kappa shape index (κ2) is 3.97. The number of nitrogens with zero attached hydrogens (tertiary/aromatic N) is 1. The zero-order chi connectivity index (χ0) is 9.14. The minimum atomic E-state index is 0.678. The van der Waals surface area contributed by atoms with Gasteiger partial charge < -0.3 is 4.90 Å². The van der Waals surface area contributed by atoms with Crippen molar-refractivity contribution in [2.75, 3.05) is 6.54 Å². The molecule has 0 bridgehead atoms. The summed E-state index contributed by atoms with van der Waals surface area (Å²) in [5, 5.41) is 0. The van der Waals surface area contributed by atoms with Crippen LogP contribution in [0.25, 0.3) is 0 Å². The fourth-order valence-corrected chi connectivity index (χ4v) is 1.84. The molecule has 0 N–H and O–H groups in total. The van der Waals surface area contributed by atoms with Crippen LogP contribution in [-0.2, 0) is 0 Å². The van der Waals surface area contributed by atoms with Gasteiger partial charge in [0.2, 0.25) is 0 Å². The number of hydrogen-bond acceptors (Lipinski definition) is 1. The Morgan fingerprint density at radius 1 is 1.33 bits per heavy atom. The summed E-state index contributed by atoms with van der Waals surface area (Å²) in [6, 6.07) is 0.678. The minimum Gasteiger partial charge on any atom is -0.372 e. The van der Waals surface area contributed by atoms with Crippen LogP contribution < -0.4 is 0 Å². The summed E-state index contributed by atoms with van der Waals surface area (Å²) in [5.74, 6) is 0.788. The Morgan fingerprint density at radius 2 is 2.00 bits per heavy atom. The summed E-state index contributed by atoms with van der Waals surface area (Å²) in [4.78, 5) is 2.53. The van der Waals surface area contributed by atoms with Gasteiger partial charge in [-0.15, -0.1) is 0 Å². The van der Waals surface area contributed by atoms with E-state index in [4.69, 9.17) is 0 Å². The quantitative estimate of drug-likeness (QED) is 0.624. The van der Waals surface area contributed by atoms with Gasteiger partial charge in [0, 0.05) is 18.3 Å². The van der Waals surface area contributed by atoms with E-state index in [-0.39, 0.29) is 0 Å². The van der Waals surface area contributed by atoms with Crippen LogP contribution in [0.15, 0.2) is 11.8 Å². The van der Waals surface area contributed by atoms with Crippen molar-refractivity contribution < 1.29 is 0 Å². The van der Waals surface area contributed by atoms with Crippen molar-refractivity contribution in [2.24, 2.45) is 5.92 Å². The molecule has 0 radical (unpaired) electrons. The monoisotopic (exact) mass is 167 g/mol. The van der Waals surface area contributed by atoms with E-state index in [9.17, 15) is 0 Å². The van der Waals surface area contributed by atoms with Crippen LogP contribution in [0.4, 0.5) is 0 Å². The van der Waals surface area contributed by atoms with Crippen LogP contribution in [0.2, 0.25) is 0 Å². The number of hydrogen-bond donors (Lipinski definition) is 0. The maximum absolute atomic E-state index is 2.53. The summed E-state index contributed by atoms with van der Waals surface area (Å²) in [5.41, 5.74) is 1.57. The molecule has 0 saturated heterocycles. The minimum absolute atomic E-state index is 0.678. The molecule has 0 saturated carbocycles. The Kier molecular flexibility index (Phi) is 3.19. The van der Waals surface area contributed by atoms with Gasteiger partial charge in [-0.3, -0.25) is 0 Å². The fourth-order valence-electron chi connectivity index (χ4n) is 1.84. The highest BCUT2D eigenvalue weighted by molar-refractivity contribution is 5.08. The molecule has 0 aromatic rings. The van der Waals surface area contributed by atoms with Crippen LogP contribution in [0.3, 0.4) is 0 Å². The molecule has 12 heavy (non-hydrogen) atoms. The maximum Gasteiger partial charge on any atom is 0.0230 e. The predicted octanol–water partition coefficient (Wildman–Crippen LogP) is 3.03. The molecule has 1 heteroatoms. The summed E-state index contributed by atoms with van der Waals surface area (Å²) < 4.78 is 0. The molecule has 0 amide bonds. The van der Waals surface area contributed by atoms with Gasteiger partial charge in [-0.05, 0) is 32.6 Å². The largest absolute Gasteiger partial charge is 0.372 e. The van der Waals surface area contributed by atoms with Crippen molar-refractivity contribution >= 4 is 0 Å². The van der Waals surface area contributed by atoms with E-state index in [1.807, 2.05) is 0 Å². The molecule has 0 unspecified atom stereocenters. The van der Waals surface area contributed by atoms with E-state index >= 15 is 0 Å². The van der Waals surface area contributed by atoms with E-state index in [0.717, 1.165) is 5.92 Å². The van der Waals surface area contributed by atoms with Gasteiger partial charge in [0.1, 0.15) is 0 Å². The molecule has 0 spiro atoms. The molecule has 1 heterocycles. The van der Waals surface area contributed by atoms with Gasteiger partial charge in [-0.2, -0.15) is 0 Å². The van der Waals surface area contributed by atoms with Crippen molar-refractivity contribution in [3.63, 3.8) is 0 Å². The van der Waals surface area contributed by atoms with Crippen molar-refractivity contribution in [2.45, 2.75) is 46.6 Å². The average Bonchev–Trinajstić information content (AvgIpc) is 2.33. The summed E-state index contributed by atoms with van der Waals surface area (Å²) in [7, 11) is 0. The first-order chi connectivity index (χ1) is 5.61. The van der Waals surface area contributed by atoms with Gasteiger partial charge in [-0.25, -0.2) is 0 Å². The van der Waals surface area contributed by atoms with E-state index < -0.39 is 0 Å². The summed E-state index contributed by atoms with van der Waals surface area (Å²) in [6.07, 6.45) is 4.90. The van der Waals surface area contributed by atoms with Crippen LogP contribution in [-0.4, -0.2) is 17.5 Å². The second-order valence-electron chi connectivity index (χ2n) is 4.37. The normalized spacial score (nSPS) is 17.8. The van der Waals surface area contributed by atoms with Gasteiger partial charge in [0.05, 0.1) is 0 Å². The molecular formula is C11H21N.